The van der Waals surface area contributed by atoms with Gasteiger partial charge >= 0.3 is 0 Å². The van der Waals surface area contributed by atoms with Crippen molar-refractivity contribution < 1.29 is 9.59 Å². The van der Waals surface area contributed by atoms with Gasteiger partial charge in [-0.15, -0.1) is 0 Å². The Morgan fingerprint density at radius 2 is 1.87 bits per heavy atom. The smallest absolute Gasteiger partial charge is 0.276 e. The van der Waals surface area contributed by atoms with Crippen molar-refractivity contribution in [3.8, 4) is 0 Å². The maximum Gasteiger partial charge on any atom is 0.276 e. The zero-order chi connectivity index (χ0) is 16.8. The van der Waals surface area contributed by atoms with Gasteiger partial charge in [0, 0.05) is 30.0 Å². The number of nitrogens with zero attached hydrogens (tertiary/aromatic N) is 2. The van der Waals surface area contributed by atoms with Gasteiger partial charge in [0.25, 0.3) is 11.8 Å². The molecule has 0 aliphatic rings. The Bertz CT molecular complexity index is 684. The van der Waals surface area contributed by atoms with Crippen LogP contribution in [0.5, 0.6) is 0 Å². The van der Waals surface area contributed by atoms with Crippen LogP contribution in [-0.2, 0) is 0 Å². The molecular weight excluding hydrogens is 290 g/mol. The number of anilines is 1. The first-order valence-electron chi connectivity index (χ1n) is 7.66. The number of nitrogens with one attached hydrogen (secondary N) is 1. The van der Waals surface area contributed by atoms with Crippen molar-refractivity contribution >= 4 is 17.5 Å². The Morgan fingerprint density at radius 1 is 1.17 bits per heavy atom. The van der Waals surface area contributed by atoms with Crippen molar-refractivity contribution in [1.82, 2.24) is 10.3 Å². The van der Waals surface area contributed by atoms with E-state index in [2.05, 4.69) is 10.3 Å². The standard InChI is InChI=1S/C18H21N3O2/c1-4-21(15-8-6-5-7-9-15)18(23)16-12-14(10-11-19-16)17(22)20-13(2)3/h5-13H,4H2,1-3H3,(H,20,22). The summed E-state index contributed by atoms with van der Waals surface area (Å²) in [6.45, 7) is 6.20. The molecule has 2 aromatic rings. The van der Waals surface area contributed by atoms with Gasteiger partial charge in [-0.25, -0.2) is 0 Å². The molecule has 0 bridgehead atoms. The molecule has 2 amide bonds. The van der Waals surface area contributed by atoms with Crippen molar-refractivity contribution in [2.45, 2.75) is 26.8 Å². The van der Waals surface area contributed by atoms with Crippen LogP contribution in [0.3, 0.4) is 0 Å². The largest absolute Gasteiger partial charge is 0.350 e. The van der Waals surface area contributed by atoms with Crippen molar-refractivity contribution in [3.63, 3.8) is 0 Å². The van der Waals surface area contributed by atoms with Crippen LogP contribution < -0.4 is 10.2 Å². The summed E-state index contributed by atoms with van der Waals surface area (Å²) >= 11 is 0. The predicted molar refractivity (Wildman–Crippen MR) is 90.6 cm³/mol. The molecule has 1 N–H and O–H groups in total. The Balaban J connectivity index is 2.27. The maximum absolute atomic E-state index is 12.7. The zero-order valence-electron chi connectivity index (χ0n) is 13.6. The average molecular weight is 311 g/mol. The second kappa shape index (κ2) is 7.54. The maximum atomic E-state index is 12.7. The van der Waals surface area contributed by atoms with Gasteiger partial charge in [0.1, 0.15) is 5.69 Å². The Morgan fingerprint density at radius 3 is 2.48 bits per heavy atom. The second-order valence-corrected chi connectivity index (χ2v) is 5.44. The van der Waals surface area contributed by atoms with E-state index in [-0.39, 0.29) is 23.6 Å². The summed E-state index contributed by atoms with van der Waals surface area (Å²) < 4.78 is 0. The third-order valence-electron chi connectivity index (χ3n) is 3.29. The van der Waals surface area contributed by atoms with Crippen molar-refractivity contribution in [2.75, 3.05) is 11.4 Å². The van der Waals surface area contributed by atoms with Gasteiger partial charge in [0.05, 0.1) is 0 Å². The molecule has 2 rings (SSSR count). The van der Waals surface area contributed by atoms with Crippen LogP contribution in [0.1, 0.15) is 41.6 Å². The van der Waals surface area contributed by atoms with Gasteiger partial charge in [0.15, 0.2) is 0 Å². The topological polar surface area (TPSA) is 62.3 Å². The van der Waals surface area contributed by atoms with E-state index in [1.807, 2.05) is 51.1 Å². The third kappa shape index (κ3) is 4.16. The van der Waals surface area contributed by atoms with Crippen LogP contribution in [0, 0.1) is 0 Å². The monoisotopic (exact) mass is 311 g/mol. The van der Waals surface area contributed by atoms with Crippen molar-refractivity contribution in [3.05, 3.63) is 59.9 Å². The van der Waals surface area contributed by atoms with E-state index in [1.165, 1.54) is 12.3 Å². The molecule has 5 nitrogen and oxygen atoms in total. The number of hydrogen-bond acceptors (Lipinski definition) is 3. The Kier molecular flexibility index (Phi) is 5.46. The Hall–Kier alpha value is -2.69. The van der Waals surface area contributed by atoms with E-state index in [0.717, 1.165) is 5.69 Å². The summed E-state index contributed by atoms with van der Waals surface area (Å²) in [7, 11) is 0. The van der Waals surface area contributed by atoms with Crippen LogP contribution in [-0.4, -0.2) is 29.4 Å². The minimum Gasteiger partial charge on any atom is -0.350 e. The zero-order valence-corrected chi connectivity index (χ0v) is 13.6. The molecule has 23 heavy (non-hydrogen) atoms. The molecule has 5 heteroatoms. The molecule has 1 aromatic carbocycles. The summed E-state index contributed by atoms with van der Waals surface area (Å²) in [5, 5.41) is 2.81. The number of pyridine rings is 1. The highest BCUT2D eigenvalue weighted by atomic mass is 16.2. The van der Waals surface area contributed by atoms with Gasteiger partial charge in [-0.3, -0.25) is 14.6 Å². The number of carbonyl (C=O) groups excluding carboxylic acids is 2. The summed E-state index contributed by atoms with van der Waals surface area (Å²) in [4.78, 5) is 30.5. The SMILES string of the molecule is CCN(C(=O)c1cc(C(=O)NC(C)C)ccn1)c1ccccc1. The first-order chi connectivity index (χ1) is 11.0. The molecule has 1 heterocycles. The fraction of sp³-hybridized carbons (Fsp3) is 0.278. The van der Waals surface area contributed by atoms with E-state index < -0.39 is 0 Å². The molecular formula is C18H21N3O2. The first-order valence-corrected chi connectivity index (χ1v) is 7.66. The number of rotatable bonds is 5. The van der Waals surface area contributed by atoms with Crippen LogP contribution in [0.25, 0.3) is 0 Å². The van der Waals surface area contributed by atoms with E-state index in [1.54, 1.807) is 11.0 Å². The minimum atomic E-state index is -0.224. The minimum absolute atomic E-state index is 0.0336. The lowest BCUT2D eigenvalue weighted by Gasteiger charge is -2.20. The van der Waals surface area contributed by atoms with Crippen LogP contribution in [0.15, 0.2) is 48.7 Å². The lowest BCUT2D eigenvalue weighted by molar-refractivity contribution is 0.0943. The average Bonchev–Trinajstić information content (AvgIpc) is 2.56. The molecule has 1 aromatic heterocycles. The number of benzene rings is 1. The number of hydrogen-bond donors (Lipinski definition) is 1. The molecule has 0 aliphatic carbocycles. The van der Waals surface area contributed by atoms with Gasteiger partial charge in [0.2, 0.25) is 0 Å². The highest BCUT2D eigenvalue weighted by molar-refractivity contribution is 6.06. The van der Waals surface area contributed by atoms with Crippen molar-refractivity contribution in [2.24, 2.45) is 0 Å². The van der Waals surface area contributed by atoms with Crippen LogP contribution in [0.4, 0.5) is 5.69 Å². The van der Waals surface area contributed by atoms with E-state index in [0.29, 0.717) is 12.1 Å². The fourth-order valence-electron chi connectivity index (χ4n) is 2.22. The number of amides is 2. The molecule has 0 saturated heterocycles. The van der Waals surface area contributed by atoms with Crippen LogP contribution >= 0.6 is 0 Å². The molecule has 0 radical (unpaired) electrons. The Labute approximate surface area is 136 Å². The molecule has 0 fully saturated rings. The normalized spacial score (nSPS) is 10.4. The molecule has 0 aliphatic heterocycles. The fourth-order valence-corrected chi connectivity index (χ4v) is 2.22. The molecule has 0 atom stereocenters. The third-order valence-corrected chi connectivity index (χ3v) is 3.29. The lowest BCUT2D eigenvalue weighted by Crippen LogP contribution is -2.32. The quantitative estimate of drug-likeness (QED) is 0.923. The van der Waals surface area contributed by atoms with Crippen LogP contribution in [0.2, 0.25) is 0 Å². The summed E-state index contributed by atoms with van der Waals surface area (Å²) in [6, 6.07) is 12.6. The summed E-state index contributed by atoms with van der Waals surface area (Å²) in [5.41, 5.74) is 1.49. The molecule has 0 unspecified atom stereocenters. The van der Waals surface area contributed by atoms with E-state index in [4.69, 9.17) is 0 Å². The molecule has 120 valence electrons. The van der Waals surface area contributed by atoms with Gasteiger partial charge in [-0.2, -0.15) is 0 Å². The van der Waals surface area contributed by atoms with Crippen molar-refractivity contribution in [1.29, 1.82) is 0 Å². The van der Waals surface area contributed by atoms with Gasteiger partial charge < -0.3 is 10.2 Å². The molecule has 0 spiro atoms. The highest BCUT2D eigenvalue weighted by Crippen LogP contribution is 2.16. The summed E-state index contributed by atoms with van der Waals surface area (Å²) in [6.07, 6.45) is 1.49. The van der Waals surface area contributed by atoms with E-state index in [9.17, 15) is 9.59 Å². The molecule has 0 saturated carbocycles. The van der Waals surface area contributed by atoms with Gasteiger partial charge in [-0.05, 0) is 45.0 Å². The number of aromatic nitrogens is 1. The second-order valence-electron chi connectivity index (χ2n) is 5.44. The number of para-hydroxylation sites is 1. The predicted octanol–water partition coefficient (Wildman–Crippen LogP) is 2.89. The first kappa shape index (κ1) is 16.7. The number of carbonyl (C=O) groups is 2. The van der Waals surface area contributed by atoms with Gasteiger partial charge in [-0.1, -0.05) is 18.2 Å². The van der Waals surface area contributed by atoms with E-state index >= 15 is 0 Å². The lowest BCUT2D eigenvalue weighted by atomic mass is 10.2. The summed E-state index contributed by atoms with van der Waals surface area (Å²) in [5.74, 6) is -0.433. The highest BCUT2D eigenvalue weighted by Gasteiger charge is 2.18.